The highest BCUT2D eigenvalue weighted by molar-refractivity contribution is 7.99. The van der Waals surface area contributed by atoms with Crippen molar-refractivity contribution in [1.82, 2.24) is 15.3 Å². The fraction of sp³-hybridized carbons (Fsp3) is 0.389. The van der Waals surface area contributed by atoms with Gasteiger partial charge in [0.05, 0.1) is 0 Å². The zero-order valence-electron chi connectivity index (χ0n) is 14.4. The molecule has 0 spiro atoms. The average molecular weight is 379 g/mol. The van der Waals surface area contributed by atoms with Crippen LogP contribution in [0.2, 0.25) is 0 Å². The van der Waals surface area contributed by atoms with Gasteiger partial charge >= 0.3 is 0 Å². The first kappa shape index (κ1) is 19.7. The summed E-state index contributed by atoms with van der Waals surface area (Å²) in [7, 11) is 0. The molecule has 3 rings (SSSR count). The van der Waals surface area contributed by atoms with Gasteiger partial charge < -0.3 is 10.6 Å². The van der Waals surface area contributed by atoms with Crippen molar-refractivity contribution in [2.24, 2.45) is 5.92 Å². The highest BCUT2D eigenvalue weighted by atomic mass is 35.5. The van der Waals surface area contributed by atoms with Crippen molar-refractivity contribution in [2.75, 3.05) is 18.4 Å². The minimum atomic E-state index is 0. The van der Waals surface area contributed by atoms with E-state index >= 15 is 0 Å². The molecule has 1 aromatic carbocycles. The maximum Gasteiger partial charge on any atom is 0.227 e. The molecule has 5 nitrogen and oxygen atoms in total. The number of carbonyl (C=O) groups excluding carboxylic acids is 1. The van der Waals surface area contributed by atoms with Crippen LogP contribution in [-0.4, -0.2) is 29.0 Å². The van der Waals surface area contributed by atoms with Gasteiger partial charge in [0.2, 0.25) is 5.91 Å². The van der Waals surface area contributed by atoms with E-state index in [4.69, 9.17) is 0 Å². The maximum absolute atomic E-state index is 12.3. The number of aromatic nitrogens is 2. The number of nitrogens with one attached hydrogen (secondary N) is 2. The molecular formula is C18H23ClN4OS. The fourth-order valence-corrected chi connectivity index (χ4v) is 3.64. The number of hydrogen-bond acceptors (Lipinski definition) is 5. The van der Waals surface area contributed by atoms with Crippen LogP contribution in [0.4, 0.5) is 5.69 Å². The molecule has 7 heteroatoms. The third kappa shape index (κ3) is 5.70. The lowest BCUT2D eigenvalue weighted by Crippen LogP contribution is -2.34. The molecule has 0 saturated carbocycles. The Hall–Kier alpha value is -1.63. The van der Waals surface area contributed by atoms with E-state index in [1.807, 2.05) is 44.2 Å². The van der Waals surface area contributed by atoms with Gasteiger partial charge in [-0.2, -0.15) is 0 Å². The van der Waals surface area contributed by atoms with Gasteiger partial charge in [-0.15, -0.1) is 12.4 Å². The van der Waals surface area contributed by atoms with Crippen LogP contribution in [0, 0.1) is 19.8 Å². The molecule has 0 atom stereocenters. The minimum Gasteiger partial charge on any atom is -0.326 e. The van der Waals surface area contributed by atoms with Crippen molar-refractivity contribution in [3.05, 3.63) is 41.7 Å². The molecular weight excluding hydrogens is 356 g/mol. The molecule has 25 heavy (non-hydrogen) atoms. The number of hydrogen-bond donors (Lipinski definition) is 2. The first-order valence-corrected chi connectivity index (χ1v) is 9.03. The van der Waals surface area contributed by atoms with Crippen molar-refractivity contribution < 1.29 is 4.79 Å². The van der Waals surface area contributed by atoms with Gasteiger partial charge in [0, 0.05) is 27.9 Å². The summed E-state index contributed by atoms with van der Waals surface area (Å²) < 4.78 is 0. The molecule has 1 aliphatic rings. The van der Waals surface area contributed by atoms with Crippen molar-refractivity contribution in [2.45, 2.75) is 36.7 Å². The zero-order chi connectivity index (χ0) is 16.9. The Morgan fingerprint density at radius 3 is 2.32 bits per heavy atom. The molecule has 1 aromatic heterocycles. The topological polar surface area (TPSA) is 66.9 Å². The minimum absolute atomic E-state index is 0. The smallest absolute Gasteiger partial charge is 0.227 e. The number of anilines is 1. The predicted molar refractivity (Wildman–Crippen MR) is 104 cm³/mol. The van der Waals surface area contributed by atoms with Gasteiger partial charge in [-0.1, -0.05) is 0 Å². The Morgan fingerprint density at radius 1 is 1.12 bits per heavy atom. The van der Waals surface area contributed by atoms with Crippen molar-refractivity contribution in [3.63, 3.8) is 0 Å². The van der Waals surface area contributed by atoms with Crippen molar-refractivity contribution in [3.8, 4) is 0 Å². The van der Waals surface area contributed by atoms with E-state index in [2.05, 4.69) is 20.6 Å². The van der Waals surface area contributed by atoms with Crippen LogP contribution < -0.4 is 10.6 Å². The van der Waals surface area contributed by atoms with Gasteiger partial charge in [-0.3, -0.25) is 4.79 Å². The highest BCUT2D eigenvalue weighted by Gasteiger charge is 2.20. The van der Waals surface area contributed by atoms with Crippen molar-refractivity contribution in [1.29, 1.82) is 0 Å². The summed E-state index contributed by atoms with van der Waals surface area (Å²) in [4.78, 5) is 22.2. The van der Waals surface area contributed by atoms with Crippen LogP contribution in [-0.2, 0) is 4.79 Å². The molecule has 2 N–H and O–H groups in total. The van der Waals surface area contributed by atoms with E-state index in [0.717, 1.165) is 53.1 Å². The van der Waals surface area contributed by atoms with Crippen LogP contribution in [0.3, 0.4) is 0 Å². The van der Waals surface area contributed by atoms with Gasteiger partial charge in [0.25, 0.3) is 0 Å². The molecule has 134 valence electrons. The molecule has 0 aliphatic carbocycles. The summed E-state index contributed by atoms with van der Waals surface area (Å²) in [6, 6.07) is 9.81. The van der Waals surface area contributed by atoms with Gasteiger partial charge in [-0.25, -0.2) is 9.97 Å². The predicted octanol–water partition coefficient (Wildman–Crippen LogP) is 3.60. The van der Waals surface area contributed by atoms with E-state index in [9.17, 15) is 4.79 Å². The SMILES string of the molecule is Cc1cc(C)nc(Sc2ccc(NC(=O)C3CCNCC3)cc2)n1.Cl. The molecule has 1 aliphatic heterocycles. The van der Waals surface area contributed by atoms with Crippen LogP contribution in [0.1, 0.15) is 24.2 Å². The lowest BCUT2D eigenvalue weighted by Gasteiger charge is -2.21. The number of piperidine rings is 1. The molecule has 0 unspecified atom stereocenters. The van der Waals surface area contributed by atoms with E-state index in [-0.39, 0.29) is 24.2 Å². The summed E-state index contributed by atoms with van der Waals surface area (Å²) in [6.07, 6.45) is 1.81. The summed E-state index contributed by atoms with van der Waals surface area (Å²) >= 11 is 1.53. The summed E-state index contributed by atoms with van der Waals surface area (Å²) in [5, 5.41) is 7.04. The number of aryl methyl sites for hydroxylation is 2. The Morgan fingerprint density at radius 2 is 1.72 bits per heavy atom. The van der Waals surface area contributed by atoms with E-state index in [1.54, 1.807) is 0 Å². The van der Waals surface area contributed by atoms with Crippen LogP contribution in [0.5, 0.6) is 0 Å². The normalized spacial score (nSPS) is 14.6. The lowest BCUT2D eigenvalue weighted by atomic mass is 9.97. The largest absolute Gasteiger partial charge is 0.326 e. The summed E-state index contributed by atoms with van der Waals surface area (Å²) in [5.74, 6) is 0.235. The highest BCUT2D eigenvalue weighted by Crippen LogP contribution is 2.26. The molecule has 1 saturated heterocycles. The van der Waals surface area contributed by atoms with Gasteiger partial charge in [0.15, 0.2) is 5.16 Å². The quantitative estimate of drug-likeness (QED) is 0.795. The van der Waals surface area contributed by atoms with E-state index in [1.165, 1.54) is 11.8 Å². The first-order chi connectivity index (χ1) is 11.6. The maximum atomic E-state index is 12.3. The fourth-order valence-electron chi connectivity index (χ4n) is 2.78. The third-order valence-corrected chi connectivity index (χ3v) is 4.88. The summed E-state index contributed by atoms with van der Waals surface area (Å²) in [5.41, 5.74) is 2.77. The third-order valence-electron chi connectivity index (χ3n) is 4.00. The molecule has 1 fully saturated rings. The standard InChI is InChI=1S/C18H22N4OS.ClH/c1-12-11-13(2)21-18(20-12)24-16-5-3-15(4-6-16)22-17(23)14-7-9-19-10-8-14;/h3-6,11,14,19H,7-10H2,1-2H3,(H,22,23);1H. The van der Waals surface area contributed by atoms with Gasteiger partial charge in [0.1, 0.15) is 0 Å². The number of nitrogens with zero attached hydrogens (tertiary/aromatic N) is 2. The van der Waals surface area contributed by atoms with E-state index < -0.39 is 0 Å². The van der Waals surface area contributed by atoms with Crippen LogP contribution in [0.25, 0.3) is 0 Å². The Bertz CT molecular complexity index is 697. The number of amides is 1. The monoisotopic (exact) mass is 378 g/mol. The Labute approximate surface area is 158 Å². The summed E-state index contributed by atoms with van der Waals surface area (Å²) in [6.45, 7) is 5.78. The molecule has 2 heterocycles. The van der Waals surface area contributed by atoms with Crippen LogP contribution in [0.15, 0.2) is 40.4 Å². The Balaban J connectivity index is 0.00000225. The second-order valence-corrected chi connectivity index (χ2v) is 7.11. The number of benzene rings is 1. The molecule has 0 bridgehead atoms. The second-order valence-electron chi connectivity index (χ2n) is 6.07. The van der Waals surface area contributed by atoms with Gasteiger partial charge in [-0.05, 0) is 81.9 Å². The molecule has 1 amide bonds. The van der Waals surface area contributed by atoms with E-state index in [0.29, 0.717) is 0 Å². The molecule has 0 radical (unpaired) electrons. The number of rotatable bonds is 4. The number of carbonyl (C=O) groups is 1. The van der Waals surface area contributed by atoms with Crippen molar-refractivity contribution >= 4 is 35.8 Å². The Kier molecular flexibility index (Phi) is 7.23. The molecule has 2 aromatic rings. The second kappa shape index (κ2) is 9.17. The first-order valence-electron chi connectivity index (χ1n) is 8.22. The average Bonchev–Trinajstić information content (AvgIpc) is 2.56. The zero-order valence-corrected chi connectivity index (χ0v) is 16.0. The lowest BCUT2D eigenvalue weighted by molar-refractivity contribution is -0.120. The number of halogens is 1. The van der Waals surface area contributed by atoms with Crippen LogP contribution >= 0.6 is 24.2 Å².